The Kier molecular flexibility index (Phi) is 2.92. The molecule has 3 fully saturated rings. The van der Waals surface area contributed by atoms with Crippen LogP contribution in [0.4, 0.5) is 0 Å². The Hall–Kier alpha value is -0.870. The molecule has 1 aromatic heterocycles. The maximum Gasteiger partial charge on any atom is 0.243 e. The normalized spacial score (nSPS) is 31.9. The summed E-state index contributed by atoms with van der Waals surface area (Å²) in [6.45, 7) is 10.7. The molecule has 0 atom stereocenters. The highest BCUT2D eigenvalue weighted by molar-refractivity contribution is 4.71. The second kappa shape index (κ2) is 4.42. The van der Waals surface area contributed by atoms with Crippen LogP contribution in [-0.2, 0) is 13.6 Å². The lowest BCUT2D eigenvalue weighted by atomic mass is 10.1. The summed E-state index contributed by atoms with van der Waals surface area (Å²) in [4.78, 5) is 2.62. The molecule has 94 valence electrons. The Morgan fingerprint density at radius 2 is 1.88 bits per heavy atom. The molecule has 4 nitrogen and oxygen atoms in total. The summed E-state index contributed by atoms with van der Waals surface area (Å²) in [6.07, 6.45) is 7.78. The molecule has 0 aliphatic carbocycles. The molecule has 4 rings (SSSR count). The Bertz CT molecular complexity index is 363. The van der Waals surface area contributed by atoms with Gasteiger partial charge in [0.1, 0.15) is 12.4 Å². The van der Waals surface area contributed by atoms with Crippen molar-refractivity contribution in [1.29, 1.82) is 0 Å². The van der Waals surface area contributed by atoms with E-state index in [-0.39, 0.29) is 0 Å². The SMILES string of the molecule is C[n+]1ccn(CCC[N+]23CCN(CC2)CC3)c1. The molecule has 0 amide bonds. The minimum atomic E-state index is 1.17. The van der Waals surface area contributed by atoms with E-state index in [4.69, 9.17) is 0 Å². The lowest BCUT2D eigenvalue weighted by Gasteiger charge is -2.50. The minimum Gasteiger partial charge on any atom is -0.320 e. The maximum absolute atomic E-state index is 2.62. The van der Waals surface area contributed by atoms with Crippen molar-refractivity contribution in [2.45, 2.75) is 13.0 Å². The molecule has 0 radical (unpaired) electrons. The van der Waals surface area contributed by atoms with Gasteiger partial charge in [-0.1, -0.05) is 0 Å². The van der Waals surface area contributed by atoms with Crippen LogP contribution < -0.4 is 4.57 Å². The summed E-state index contributed by atoms with van der Waals surface area (Å²) in [5.74, 6) is 0. The predicted molar refractivity (Wildman–Crippen MR) is 66.4 cm³/mol. The van der Waals surface area contributed by atoms with E-state index in [2.05, 4.69) is 39.8 Å². The molecule has 0 unspecified atom stereocenters. The minimum absolute atomic E-state index is 1.17. The maximum atomic E-state index is 2.62. The summed E-state index contributed by atoms with van der Waals surface area (Å²) in [6, 6.07) is 0. The number of nitrogens with zero attached hydrogens (tertiary/aromatic N) is 4. The van der Waals surface area contributed by atoms with E-state index < -0.39 is 0 Å². The van der Waals surface area contributed by atoms with Crippen molar-refractivity contribution in [3.8, 4) is 0 Å². The van der Waals surface area contributed by atoms with Gasteiger partial charge in [-0.3, -0.25) is 4.90 Å². The van der Waals surface area contributed by atoms with Gasteiger partial charge in [-0.15, -0.1) is 0 Å². The molecule has 3 aliphatic rings. The Labute approximate surface area is 104 Å². The molecule has 0 saturated carbocycles. The number of hydrogen-bond acceptors (Lipinski definition) is 1. The highest BCUT2D eigenvalue weighted by atomic mass is 15.4. The van der Waals surface area contributed by atoms with E-state index in [0.717, 1.165) is 0 Å². The van der Waals surface area contributed by atoms with Crippen LogP contribution in [0, 0.1) is 0 Å². The van der Waals surface area contributed by atoms with Gasteiger partial charge >= 0.3 is 0 Å². The molecule has 1 aromatic rings. The Morgan fingerprint density at radius 3 is 2.47 bits per heavy atom. The molecule has 4 heterocycles. The highest BCUT2D eigenvalue weighted by Gasteiger charge is 2.37. The van der Waals surface area contributed by atoms with E-state index in [1.165, 1.54) is 63.3 Å². The zero-order valence-corrected chi connectivity index (χ0v) is 10.9. The van der Waals surface area contributed by atoms with Crippen LogP contribution in [0.2, 0.25) is 0 Å². The van der Waals surface area contributed by atoms with Crippen LogP contribution in [0.25, 0.3) is 0 Å². The first kappa shape index (κ1) is 11.2. The van der Waals surface area contributed by atoms with Crippen molar-refractivity contribution >= 4 is 0 Å². The molecular weight excluding hydrogens is 212 g/mol. The van der Waals surface area contributed by atoms with Gasteiger partial charge in [-0.2, -0.15) is 0 Å². The lowest BCUT2D eigenvalue weighted by molar-refractivity contribution is -0.941. The van der Waals surface area contributed by atoms with E-state index in [0.29, 0.717) is 0 Å². The number of aromatic nitrogens is 2. The van der Waals surface area contributed by atoms with Crippen molar-refractivity contribution in [3.63, 3.8) is 0 Å². The zero-order valence-electron chi connectivity index (χ0n) is 10.9. The third-order valence-electron chi connectivity index (χ3n) is 4.54. The van der Waals surface area contributed by atoms with Gasteiger partial charge in [0.2, 0.25) is 6.33 Å². The first-order valence-electron chi connectivity index (χ1n) is 6.84. The summed E-state index contributed by atoms with van der Waals surface area (Å²) in [7, 11) is 2.09. The van der Waals surface area contributed by atoms with E-state index in [1.54, 1.807) is 0 Å². The van der Waals surface area contributed by atoms with Crippen LogP contribution in [-0.4, -0.2) is 59.8 Å². The predicted octanol–water partition coefficient (Wildman–Crippen LogP) is -0.151. The van der Waals surface area contributed by atoms with Gasteiger partial charge in [0, 0.05) is 26.1 Å². The Balaban J connectivity index is 1.50. The van der Waals surface area contributed by atoms with Gasteiger partial charge < -0.3 is 4.48 Å². The number of piperazine rings is 3. The number of hydrogen-bond donors (Lipinski definition) is 0. The van der Waals surface area contributed by atoms with E-state index in [1.807, 2.05) is 0 Å². The topological polar surface area (TPSA) is 12.0 Å². The molecule has 4 heteroatoms. The van der Waals surface area contributed by atoms with Gasteiger partial charge in [0.05, 0.1) is 39.8 Å². The standard InChI is InChI=1S/C13H24N4/c1-14-4-5-16(13-14)3-2-9-17-10-6-15(7-11-17)8-12-17/h4-5,13H,2-3,6-12H2,1H3/q+2. The third-order valence-corrected chi connectivity index (χ3v) is 4.54. The van der Waals surface area contributed by atoms with Gasteiger partial charge in [-0.05, 0) is 0 Å². The first-order chi connectivity index (χ1) is 8.26. The average molecular weight is 236 g/mol. The van der Waals surface area contributed by atoms with Gasteiger partial charge in [0.15, 0.2) is 0 Å². The van der Waals surface area contributed by atoms with Gasteiger partial charge in [-0.25, -0.2) is 9.13 Å². The molecule has 2 bridgehead atoms. The third kappa shape index (κ3) is 2.38. The number of aryl methyl sites for hydroxylation is 2. The van der Waals surface area contributed by atoms with Crippen LogP contribution in [0.3, 0.4) is 0 Å². The summed E-state index contributed by atoms with van der Waals surface area (Å²) >= 11 is 0. The lowest BCUT2D eigenvalue weighted by Crippen LogP contribution is -2.67. The average Bonchev–Trinajstić information content (AvgIpc) is 2.77. The molecule has 3 aliphatic heterocycles. The van der Waals surface area contributed by atoms with E-state index in [9.17, 15) is 0 Å². The fourth-order valence-electron chi connectivity index (χ4n) is 3.29. The number of imidazole rings is 1. The zero-order chi connectivity index (χ0) is 11.7. The monoisotopic (exact) mass is 236 g/mol. The van der Waals surface area contributed by atoms with E-state index >= 15 is 0 Å². The molecule has 0 N–H and O–H groups in total. The van der Waals surface area contributed by atoms with Crippen molar-refractivity contribution in [3.05, 3.63) is 18.7 Å². The highest BCUT2D eigenvalue weighted by Crippen LogP contribution is 2.19. The molecule has 0 aromatic carbocycles. The van der Waals surface area contributed by atoms with Crippen LogP contribution in [0.1, 0.15) is 6.42 Å². The first-order valence-corrected chi connectivity index (χ1v) is 6.84. The second-order valence-electron chi connectivity index (χ2n) is 5.75. The quantitative estimate of drug-likeness (QED) is 0.523. The van der Waals surface area contributed by atoms with Crippen molar-refractivity contribution in [1.82, 2.24) is 9.47 Å². The number of fused-ring (bicyclic) bond motifs is 3. The number of quaternary nitrogens is 1. The second-order valence-corrected chi connectivity index (χ2v) is 5.75. The Morgan fingerprint density at radius 1 is 1.18 bits per heavy atom. The van der Waals surface area contributed by atoms with Crippen molar-refractivity contribution in [2.24, 2.45) is 7.05 Å². The molecule has 0 spiro atoms. The fraction of sp³-hybridized carbons (Fsp3) is 0.769. The summed E-state index contributed by atoms with van der Waals surface area (Å²) < 4.78 is 5.81. The van der Waals surface area contributed by atoms with Crippen molar-refractivity contribution in [2.75, 3.05) is 45.8 Å². The largest absolute Gasteiger partial charge is 0.320 e. The number of rotatable bonds is 4. The van der Waals surface area contributed by atoms with Gasteiger partial charge in [0.25, 0.3) is 0 Å². The molecule has 3 saturated heterocycles. The summed E-state index contributed by atoms with van der Waals surface area (Å²) in [5, 5.41) is 0. The fourth-order valence-corrected chi connectivity index (χ4v) is 3.29. The van der Waals surface area contributed by atoms with Crippen molar-refractivity contribution < 1.29 is 9.05 Å². The molecule has 17 heavy (non-hydrogen) atoms. The van der Waals surface area contributed by atoms with Crippen LogP contribution in [0.5, 0.6) is 0 Å². The smallest absolute Gasteiger partial charge is 0.243 e. The summed E-state index contributed by atoms with van der Waals surface area (Å²) in [5.41, 5.74) is 0. The molecular formula is C13H24N4+2. The van der Waals surface area contributed by atoms with Crippen LogP contribution >= 0.6 is 0 Å². The van der Waals surface area contributed by atoms with Crippen LogP contribution in [0.15, 0.2) is 18.7 Å².